The molecule has 3 N–H and O–H groups in total. The zero-order valence-electron chi connectivity index (χ0n) is 13.2. The van der Waals surface area contributed by atoms with Gasteiger partial charge in [0.25, 0.3) is 0 Å². The Labute approximate surface area is 175 Å². The lowest BCUT2D eigenvalue weighted by atomic mass is 10.2. The largest absolute Gasteiger partial charge is 0.495 e. The number of aliphatic imine (C=N–C) groups is 1. The molecule has 2 aromatic rings. The van der Waals surface area contributed by atoms with Crippen LogP contribution >= 0.6 is 51.5 Å². The minimum absolute atomic E-state index is 0. The van der Waals surface area contributed by atoms with E-state index in [0.717, 1.165) is 15.7 Å². The average Bonchev–Trinajstić information content (AvgIpc) is 3.02. The van der Waals surface area contributed by atoms with Crippen LogP contribution in [0.3, 0.4) is 0 Å². The van der Waals surface area contributed by atoms with Gasteiger partial charge in [0, 0.05) is 5.69 Å². The second-order valence-electron chi connectivity index (χ2n) is 4.99. The van der Waals surface area contributed by atoms with Crippen molar-refractivity contribution in [1.82, 2.24) is 0 Å². The fourth-order valence-electron chi connectivity index (χ4n) is 2.22. The molecule has 134 valence electrons. The van der Waals surface area contributed by atoms with E-state index < -0.39 is 0 Å². The number of halogens is 3. The van der Waals surface area contributed by atoms with Gasteiger partial charge in [0.2, 0.25) is 6.79 Å². The first-order valence-corrected chi connectivity index (χ1v) is 8.22. The molecule has 0 aromatic heterocycles. The highest BCUT2D eigenvalue weighted by molar-refractivity contribution is 14.0. The summed E-state index contributed by atoms with van der Waals surface area (Å²) in [6.07, 6.45) is 0. The van der Waals surface area contributed by atoms with Crippen LogP contribution in [-0.4, -0.2) is 19.9 Å². The molecule has 1 aliphatic rings. The van der Waals surface area contributed by atoms with Gasteiger partial charge in [-0.1, -0.05) is 11.6 Å². The van der Waals surface area contributed by atoms with Gasteiger partial charge in [-0.3, -0.25) is 0 Å². The predicted octanol–water partition coefficient (Wildman–Crippen LogP) is 4.38. The van der Waals surface area contributed by atoms with E-state index in [9.17, 15) is 0 Å². The highest BCUT2D eigenvalue weighted by Crippen LogP contribution is 2.40. The Balaban J connectivity index is 0.00000225. The third-order valence-electron chi connectivity index (χ3n) is 3.34. The number of anilines is 1. The molecule has 0 amide bonds. The molecule has 6 nitrogen and oxygen atoms in total. The smallest absolute Gasteiger partial charge is 0.231 e. The van der Waals surface area contributed by atoms with Crippen LogP contribution in [0.4, 0.5) is 5.69 Å². The van der Waals surface area contributed by atoms with Gasteiger partial charge in [-0.05, 0) is 51.8 Å². The summed E-state index contributed by atoms with van der Waals surface area (Å²) in [5.74, 6) is 2.29. The van der Waals surface area contributed by atoms with Crippen LogP contribution in [0.15, 0.2) is 39.8 Å². The molecular weight excluding hydrogens is 524 g/mol. The van der Waals surface area contributed by atoms with E-state index in [1.165, 1.54) is 0 Å². The molecule has 0 fully saturated rings. The Kier molecular flexibility index (Phi) is 7.03. The number of fused-ring (bicyclic) bond motifs is 1. The van der Waals surface area contributed by atoms with Crippen LogP contribution in [0.5, 0.6) is 17.2 Å². The number of guanidine groups is 1. The Hall–Kier alpha value is -1.39. The molecule has 9 heteroatoms. The van der Waals surface area contributed by atoms with Crippen molar-refractivity contribution in [2.75, 3.05) is 19.2 Å². The lowest BCUT2D eigenvalue weighted by molar-refractivity contribution is 0.173. The third-order valence-corrected chi connectivity index (χ3v) is 4.23. The summed E-state index contributed by atoms with van der Waals surface area (Å²) >= 11 is 9.53. The molecule has 0 radical (unpaired) electrons. The van der Waals surface area contributed by atoms with E-state index >= 15 is 0 Å². The van der Waals surface area contributed by atoms with Crippen molar-refractivity contribution in [2.45, 2.75) is 6.54 Å². The van der Waals surface area contributed by atoms with Gasteiger partial charge in [0.1, 0.15) is 5.75 Å². The summed E-state index contributed by atoms with van der Waals surface area (Å²) in [5.41, 5.74) is 7.60. The summed E-state index contributed by atoms with van der Waals surface area (Å²) in [6.45, 7) is 0.626. The standard InChI is InChI=1S/C16H15BrClN3O3.HI/c1-22-13-3-2-10(6-12(13)18)21-16(19)20-7-9-4-11(17)15-14(5-9)23-8-24-15;/h2-6H,7-8H2,1H3,(H3,19,20,21);1H. The van der Waals surface area contributed by atoms with Gasteiger partial charge >= 0.3 is 0 Å². The van der Waals surface area contributed by atoms with Crippen molar-refractivity contribution in [3.63, 3.8) is 0 Å². The molecule has 25 heavy (non-hydrogen) atoms. The number of methoxy groups -OCH3 is 1. The van der Waals surface area contributed by atoms with Crippen molar-refractivity contribution < 1.29 is 14.2 Å². The fourth-order valence-corrected chi connectivity index (χ4v) is 3.08. The van der Waals surface area contributed by atoms with E-state index in [1.807, 2.05) is 18.2 Å². The Bertz CT molecular complexity index is 804. The summed E-state index contributed by atoms with van der Waals surface area (Å²) in [7, 11) is 1.56. The molecule has 0 spiro atoms. The number of rotatable bonds is 4. The van der Waals surface area contributed by atoms with Crippen LogP contribution in [0.25, 0.3) is 0 Å². The molecule has 1 heterocycles. The minimum Gasteiger partial charge on any atom is -0.495 e. The number of nitrogens with zero attached hydrogens (tertiary/aromatic N) is 1. The van der Waals surface area contributed by atoms with E-state index in [4.69, 9.17) is 31.5 Å². The second kappa shape index (κ2) is 8.81. The van der Waals surface area contributed by atoms with Crippen molar-refractivity contribution >= 4 is 63.2 Å². The molecule has 2 aromatic carbocycles. The van der Waals surface area contributed by atoms with Gasteiger partial charge in [0.05, 0.1) is 23.1 Å². The van der Waals surface area contributed by atoms with E-state index in [-0.39, 0.29) is 36.7 Å². The maximum absolute atomic E-state index is 6.08. The Morgan fingerprint density at radius 1 is 1.36 bits per heavy atom. The molecular formula is C16H16BrClIN3O3. The Morgan fingerprint density at radius 2 is 2.16 bits per heavy atom. The predicted molar refractivity (Wildman–Crippen MR) is 113 cm³/mol. The van der Waals surface area contributed by atoms with Gasteiger partial charge in [-0.2, -0.15) is 0 Å². The zero-order valence-corrected chi connectivity index (χ0v) is 17.9. The number of benzene rings is 2. The molecule has 0 bridgehead atoms. The number of hydrogen-bond donors (Lipinski definition) is 2. The monoisotopic (exact) mass is 539 g/mol. The van der Waals surface area contributed by atoms with Crippen LogP contribution in [0.2, 0.25) is 5.02 Å². The fraction of sp³-hybridized carbons (Fsp3) is 0.188. The molecule has 0 unspecified atom stereocenters. The third kappa shape index (κ3) is 4.83. The lowest BCUT2D eigenvalue weighted by Crippen LogP contribution is -2.22. The topological polar surface area (TPSA) is 78.1 Å². The average molecular weight is 541 g/mol. The van der Waals surface area contributed by atoms with Gasteiger partial charge in [-0.25, -0.2) is 4.99 Å². The summed E-state index contributed by atoms with van der Waals surface area (Å²) < 4.78 is 16.7. The SMILES string of the molecule is COc1ccc(NC(N)=NCc2cc(Br)c3c(c2)OCO3)cc1Cl.I. The second-order valence-corrected chi connectivity index (χ2v) is 6.25. The van der Waals surface area contributed by atoms with Gasteiger partial charge in [-0.15, -0.1) is 24.0 Å². The lowest BCUT2D eigenvalue weighted by Gasteiger charge is -2.09. The van der Waals surface area contributed by atoms with Crippen LogP contribution in [0.1, 0.15) is 5.56 Å². The Morgan fingerprint density at radius 3 is 2.88 bits per heavy atom. The molecule has 0 aliphatic carbocycles. The molecule has 0 atom stereocenters. The van der Waals surface area contributed by atoms with E-state index in [2.05, 4.69) is 26.2 Å². The van der Waals surface area contributed by atoms with Gasteiger partial charge in [0.15, 0.2) is 17.5 Å². The van der Waals surface area contributed by atoms with E-state index in [1.54, 1.807) is 19.2 Å². The first kappa shape index (κ1) is 19.9. The first-order chi connectivity index (χ1) is 11.6. The summed E-state index contributed by atoms with van der Waals surface area (Å²) in [4.78, 5) is 4.32. The number of hydrogen-bond acceptors (Lipinski definition) is 4. The number of ether oxygens (including phenoxy) is 3. The quantitative estimate of drug-likeness (QED) is 0.342. The zero-order chi connectivity index (χ0) is 17.1. The highest BCUT2D eigenvalue weighted by atomic mass is 127. The van der Waals surface area contributed by atoms with Crippen LogP contribution in [-0.2, 0) is 6.54 Å². The number of nitrogens with one attached hydrogen (secondary N) is 1. The van der Waals surface area contributed by atoms with Crippen LogP contribution in [0, 0.1) is 0 Å². The summed E-state index contributed by atoms with van der Waals surface area (Å²) in [5, 5.41) is 3.49. The van der Waals surface area contributed by atoms with E-state index in [0.29, 0.717) is 28.8 Å². The number of nitrogens with two attached hydrogens (primary N) is 1. The minimum atomic E-state index is 0. The highest BCUT2D eigenvalue weighted by Gasteiger charge is 2.17. The molecule has 3 rings (SSSR count). The maximum atomic E-state index is 6.08. The molecule has 0 saturated heterocycles. The van der Waals surface area contributed by atoms with Crippen molar-refractivity contribution in [3.8, 4) is 17.2 Å². The van der Waals surface area contributed by atoms with Gasteiger partial charge < -0.3 is 25.3 Å². The van der Waals surface area contributed by atoms with Crippen molar-refractivity contribution in [3.05, 3.63) is 45.4 Å². The molecule has 1 aliphatic heterocycles. The van der Waals surface area contributed by atoms with Crippen molar-refractivity contribution in [2.24, 2.45) is 10.7 Å². The van der Waals surface area contributed by atoms with Crippen LogP contribution < -0.4 is 25.3 Å². The molecule has 0 saturated carbocycles. The normalized spacial score (nSPS) is 12.5. The first-order valence-electron chi connectivity index (χ1n) is 7.05. The van der Waals surface area contributed by atoms with Crippen molar-refractivity contribution in [1.29, 1.82) is 0 Å². The summed E-state index contributed by atoms with van der Waals surface area (Å²) in [6, 6.07) is 9.10. The maximum Gasteiger partial charge on any atom is 0.231 e.